The van der Waals surface area contributed by atoms with Crippen LogP contribution in [-0.2, 0) is 0 Å². The van der Waals surface area contributed by atoms with Gasteiger partial charge in [0.1, 0.15) is 0 Å². The third-order valence-corrected chi connectivity index (χ3v) is 1.96. The molecule has 1 aromatic carbocycles. The summed E-state index contributed by atoms with van der Waals surface area (Å²) in [5.74, 6) is -0.0480. The standard InChI is InChI=1S/C11H13NO/c1-4-9-5-6-10(8(2)7-9)11(13)12-3/h4-7H,1H2,2-3H3,(H,12,13). The molecular formula is C11H13NO. The van der Waals surface area contributed by atoms with Crippen molar-refractivity contribution in [3.8, 4) is 0 Å². The molecule has 0 aliphatic rings. The number of rotatable bonds is 2. The third kappa shape index (κ3) is 1.96. The molecule has 0 bridgehead atoms. The summed E-state index contributed by atoms with van der Waals surface area (Å²) in [5.41, 5.74) is 2.72. The van der Waals surface area contributed by atoms with E-state index in [0.717, 1.165) is 11.1 Å². The number of hydrogen-bond donors (Lipinski definition) is 1. The second-order valence-electron chi connectivity index (χ2n) is 2.86. The van der Waals surface area contributed by atoms with Crippen LogP contribution in [-0.4, -0.2) is 13.0 Å². The lowest BCUT2D eigenvalue weighted by Gasteiger charge is -2.04. The van der Waals surface area contributed by atoms with Crippen molar-refractivity contribution in [3.63, 3.8) is 0 Å². The van der Waals surface area contributed by atoms with Gasteiger partial charge in [-0.3, -0.25) is 4.79 Å². The monoisotopic (exact) mass is 175 g/mol. The van der Waals surface area contributed by atoms with Crippen LogP contribution in [0.3, 0.4) is 0 Å². The molecule has 0 aliphatic heterocycles. The van der Waals surface area contributed by atoms with Crippen molar-refractivity contribution in [3.05, 3.63) is 41.5 Å². The molecular weight excluding hydrogens is 162 g/mol. The van der Waals surface area contributed by atoms with Gasteiger partial charge in [-0.1, -0.05) is 24.8 Å². The average molecular weight is 175 g/mol. The fraction of sp³-hybridized carbons (Fsp3) is 0.182. The van der Waals surface area contributed by atoms with E-state index in [2.05, 4.69) is 11.9 Å². The topological polar surface area (TPSA) is 29.1 Å². The molecule has 0 saturated carbocycles. The molecule has 1 amide bonds. The van der Waals surface area contributed by atoms with Crippen LogP contribution in [0, 0.1) is 6.92 Å². The number of carbonyl (C=O) groups excluding carboxylic acids is 1. The summed E-state index contributed by atoms with van der Waals surface area (Å²) in [6.07, 6.45) is 1.76. The van der Waals surface area contributed by atoms with Crippen LogP contribution in [0.15, 0.2) is 24.8 Å². The normalized spacial score (nSPS) is 9.38. The van der Waals surface area contributed by atoms with E-state index in [-0.39, 0.29) is 5.91 Å². The average Bonchev–Trinajstić information content (AvgIpc) is 2.16. The van der Waals surface area contributed by atoms with Crippen LogP contribution in [0.25, 0.3) is 6.08 Å². The van der Waals surface area contributed by atoms with Gasteiger partial charge in [0, 0.05) is 12.6 Å². The molecule has 0 aliphatic carbocycles. The van der Waals surface area contributed by atoms with Crippen LogP contribution < -0.4 is 5.32 Å². The number of amides is 1. The zero-order chi connectivity index (χ0) is 9.84. The Kier molecular flexibility index (Phi) is 2.85. The molecule has 13 heavy (non-hydrogen) atoms. The molecule has 2 nitrogen and oxygen atoms in total. The van der Waals surface area contributed by atoms with Crippen LogP contribution in [0.5, 0.6) is 0 Å². The molecule has 0 saturated heterocycles. The van der Waals surface area contributed by atoms with Crippen molar-refractivity contribution >= 4 is 12.0 Å². The lowest BCUT2D eigenvalue weighted by molar-refractivity contribution is 0.0962. The maximum absolute atomic E-state index is 11.3. The van der Waals surface area contributed by atoms with Gasteiger partial charge in [0.15, 0.2) is 0 Å². The summed E-state index contributed by atoms with van der Waals surface area (Å²) in [5, 5.41) is 2.59. The minimum Gasteiger partial charge on any atom is -0.355 e. The highest BCUT2D eigenvalue weighted by atomic mass is 16.1. The van der Waals surface area contributed by atoms with Gasteiger partial charge in [-0.15, -0.1) is 0 Å². The molecule has 1 rings (SSSR count). The summed E-state index contributed by atoms with van der Waals surface area (Å²) in [6, 6.07) is 5.63. The Bertz CT molecular complexity index is 342. The summed E-state index contributed by atoms with van der Waals surface area (Å²) >= 11 is 0. The third-order valence-electron chi connectivity index (χ3n) is 1.96. The van der Waals surface area contributed by atoms with Crippen molar-refractivity contribution in [2.75, 3.05) is 7.05 Å². The smallest absolute Gasteiger partial charge is 0.251 e. The first-order valence-corrected chi connectivity index (χ1v) is 4.14. The first kappa shape index (κ1) is 9.52. The number of hydrogen-bond acceptors (Lipinski definition) is 1. The van der Waals surface area contributed by atoms with Crippen LogP contribution in [0.2, 0.25) is 0 Å². The van der Waals surface area contributed by atoms with E-state index >= 15 is 0 Å². The summed E-state index contributed by atoms with van der Waals surface area (Å²) in [4.78, 5) is 11.3. The van der Waals surface area contributed by atoms with Gasteiger partial charge >= 0.3 is 0 Å². The van der Waals surface area contributed by atoms with Gasteiger partial charge < -0.3 is 5.32 Å². The molecule has 1 aromatic rings. The molecule has 0 atom stereocenters. The molecule has 68 valence electrons. The highest BCUT2D eigenvalue weighted by Crippen LogP contribution is 2.11. The zero-order valence-corrected chi connectivity index (χ0v) is 7.92. The maximum Gasteiger partial charge on any atom is 0.251 e. The Morgan fingerprint density at radius 3 is 2.69 bits per heavy atom. The molecule has 0 fully saturated rings. The first-order chi connectivity index (χ1) is 6.19. The molecule has 1 N–H and O–H groups in total. The molecule has 0 radical (unpaired) electrons. The van der Waals surface area contributed by atoms with E-state index in [1.54, 1.807) is 13.1 Å². The molecule has 2 heteroatoms. The largest absolute Gasteiger partial charge is 0.355 e. The van der Waals surface area contributed by atoms with Gasteiger partial charge in [-0.2, -0.15) is 0 Å². The first-order valence-electron chi connectivity index (χ1n) is 4.14. The number of carbonyl (C=O) groups is 1. The van der Waals surface area contributed by atoms with Crippen molar-refractivity contribution in [1.29, 1.82) is 0 Å². The van der Waals surface area contributed by atoms with E-state index < -0.39 is 0 Å². The Labute approximate surface area is 78.3 Å². The van der Waals surface area contributed by atoms with Gasteiger partial charge in [0.2, 0.25) is 0 Å². The van der Waals surface area contributed by atoms with Crippen molar-refractivity contribution < 1.29 is 4.79 Å². The van der Waals surface area contributed by atoms with Crippen LogP contribution in [0.1, 0.15) is 21.5 Å². The predicted octanol–water partition coefficient (Wildman–Crippen LogP) is 2.00. The second-order valence-corrected chi connectivity index (χ2v) is 2.86. The van der Waals surface area contributed by atoms with Crippen molar-refractivity contribution in [1.82, 2.24) is 5.32 Å². The van der Waals surface area contributed by atoms with E-state index in [4.69, 9.17) is 0 Å². The van der Waals surface area contributed by atoms with E-state index in [1.165, 1.54) is 0 Å². The molecule has 0 spiro atoms. The highest BCUT2D eigenvalue weighted by Gasteiger charge is 2.05. The zero-order valence-electron chi connectivity index (χ0n) is 7.92. The quantitative estimate of drug-likeness (QED) is 0.731. The number of nitrogens with one attached hydrogen (secondary N) is 1. The minimum atomic E-state index is -0.0480. The van der Waals surface area contributed by atoms with E-state index in [0.29, 0.717) is 5.56 Å². The summed E-state index contributed by atoms with van der Waals surface area (Å²) < 4.78 is 0. The van der Waals surface area contributed by atoms with Crippen LogP contribution >= 0.6 is 0 Å². The molecule has 0 aromatic heterocycles. The van der Waals surface area contributed by atoms with Gasteiger partial charge in [0.25, 0.3) is 5.91 Å². The Morgan fingerprint density at radius 2 is 2.23 bits per heavy atom. The number of benzene rings is 1. The molecule has 0 unspecified atom stereocenters. The minimum absolute atomic E-state index is 0.0480. The van der Waals surface area contributed by atoms with Gasteiger partial charge in [-0.25, -0.2) is 0 Å². The molecule has 0 heterocycles. The van der Waals surface area contributed by atoms with E-state index in [1.807, 2.05) is 25.1 Å². The lowest BCUT2D eigenvalue weighted by atomic mass is 10.0. The summed E-state index contributed by atoms with van der Waals surface area (Å²) in [7, 11) is 1.63. The maximum atomic E-state index is 11.3. The fourth-order valence-electron chi connectivity index (χ4n) is 1.20. The Morgan fingerprint density at radius 1 is 1.54 bits per heavy atom. The van der Waals surface area contributed by atoms with Gasteiger partial charge in [-0.05, 0) is 24.1 Å². The van der Waals surface area contributed by atoms with Crippen molar-refractivity contribution in [2.45, 2.75) is 6.92 Å². The lowest BCUT2D eigenvalue weighted by Crippen LogP contribution is -2.18. The SMILES string of the molecule is C=Cc1ccc(C(=O)NC)c(C)c1. The Hall–Kier alpha value is -1.57. The second kappa shape index (κ2) is 3.90. The Balaban J connectivity index is 3.12. The summed E-state index contributed by atoms with van der Waals surface area (Å²) in [6.45, 7) is 5.58. The van der Waals surface area contributed by atoms with E-state index in [9.17, 15) is 4.79 Å². The predicted molar refractivity (Wildman–Crippen MR) is 54.7 cm³/mol. The van der Waals surface area contributed by atoms with Crippen LogP contribution in [0.4, 0.5) is 0 Å². The van der Waals surface area contributed by atoms with Crippen molar-refractivity contribution in [2.24, 2.45) is 0 Å². The number of aryl methyl sites for hydroxylation is 1. The fourth-order valence-corrected chi connectivity index (χ4v) is 1.20. The highest BCUT2D eigenvalue weighted by molar-refractivity contribution is 5.95. The van der Waals surface area contributed by atoms with Gasteiger partial charge in [0.05, 0.1) is 0 Å².